The molecule has 29 heavy (non-hydrogen) atoms. The van der Waals surface area contributed by atoms with Gasteiger partial charge in [-0.25, -0.2) is 13.2 Å². The number of ether oxygens (including phenoxy) is 1. The average Bonchev–Trinajstić information content (AvgIpc) is 2.72. The van der Waals surface area contributed by atoms with Crippen molar-refractivity contribution < 1.29 is 22.7 Å². The fraction of sp³-hybridized carbons (Fsp3) is 0.263. The number of amides is 1. The van der Waals surface area contributed by atoms with Crippen LogP contribution < -0.4 is 4.90 Å². The molecule has 0 fully saturated rings. The van der Waals surface area contributed by atoms with Gasteiger partial charge in [0.05, 0.1) is 23.8 Å². The van der Waals surface area contributed by atoms with Crippen molar-refractivity contribution in [3.8, 4) is 6.07 Å². The van der Waals surface area contributed by atoms with Crippen molar-refractivity contribution in [2.45, 2.75) is 6.42 Å². The number of nitriles is 1. The summed E-state index contributed by atoms with van der Waals surface area (Å²) in [7, 11) is -3.48. The smallest absolute Gasteiger partial charge is 0.340 e. The summed E-state index contributed by atoms with van der Waals surface area (Å²) in [5.74, 6) is -1.08. The topological polar surface area (TPSA) is 120 Å². The van der Waals surface area contributed by atoms with Crippen molar-refractivity contribution in [2.24, 2.45) is 4.40 Å². The Labute approximate surface area is 168 Å². The van der Waals surface area contributed by atoms with E-state index in [9.17, 15) is 18.0 Å². The summed E-state index contributed by atoms with van der Waals surface area (Å²) in [5.41, 5.74) is 0.787. The number of carbonyl (C=O) groups excluding carboxylic acids is 2. The molecule has 2 aliphatic heterocycles. The fourth-order valence-corrected chi connectivity index (χ4v) is 3.75. The number of hydrogen-bond acceptors (Lipinski definition) is 7. The zero-order chi connectivity index (χ0) is 20.9. The van der Waals surface area contributed by atoms with E-state index in [2.05, 4.69) is 4.40 Å². The summed E-state index contributed by atoms with van der Waals surface area (Å²) in [6.45, 7) is -0.127. The highest BCUT2D eigenvalue weighted by atomic mass is 32.2. The predicted octanol–water partition coefficient (Wildman–Crippen LogP) is 0.974. The maximum Gasteiger partial charge on any atom is 0.340 e. The van der Waals surface area contributed by atoms with Crippen LogP contribution in [-0.4, -0.2) is 56.5 Å². The number of sulfonamides is 1. The normalized spacial score (nSPS) is 16.7. The minimum Gasteiger partial charge on any atom is -0.452 e. The van der Waals surface area contributed by atoms with E-state index in [1.807, 2.05) is 12.1 Å². The molecule has 0 unspecified atom stereocenters. The molecule has 0 radical (unpaired) electrons. The van der Waals surface area contributed by atoms with Gasteiger partial charge in [0.15, 0.2) is 6.61 Å². The van der Waals surface area contributed by atoms with Gasteiger partial charge in [-0.2, -0.15) is 5.26 Å². The molecule has 10 heteroatoms. The second kappa shape index (κ2) is 8.70. The maximum absolute atomic E-state index is 12.5. The Balaban J connectivity index is 1.64. The third-order valence-corrected chi connectivity index (χ3v) is 5.37. The quantitative estimate of drug-likeness (QED) is 0.636. The first-order valence-electron chi connectivity index (χ1n) is 8.78. The van der Waals surface area contributed by atoms with E-state index in [1.54, 1.807) is 29.2 Å². The molecule has 0 saturated carbocycles. The highest BCUT2D eigenvalue weighted by molar-refractivity contribution is 7.90. The summed E-state index contributed by atoms with van der Waals surface area (Å²) >= 11 is 0. The van der Waals surface area contributed by atoms with Crippen LogP contribution in [0, 0.1) is 11.3 Å². The minimum atomic E-state index is -3.48. The molecular weight excluding hydrogens is 396 g/mol. The Morgan fingerprint density at radius 1 is 1.24 bits per heavy atom. The standard InChI is InChI=1S/C19H18N4O5S/c20-9-4-10-23(16-5-2-1-3-6-16)18(24)14-28-19(25)15-7-8-17-21-29(26,27)12-11-22(17)13-15/h1-3,5-8,13H,4,10-12,14H2. The molecule has 3 rings (SSSR count). The van der Waals surface area contributed by atoms with E-state index in [0.29, 0.717) is 5.69 Å². The lowest BCUT2D eigenvalue weighted by atomic mass is 10.2. The number of fused-ring (bicyclic) bond motifs is 1. The first-order chi connectivity index (χ1) is 13.9. The Kier molecular flexibility index (Phi) is 6.09. The minimum absolute atomic E-state index is 0.141. The van der Waals surface area contributed by atoms with E-state index in [-0.39, 0.29) is 36.7 Å². The highest BCUT2D eigenvalue weighted by Crippen LogP contribution is 2.17. The Bertz CT molecular complexity index is 1040. The number of rotatable bonds is 6. The van der Waals surface area contributed by atoms with Crippen LogP contribution in [0.4, 0.5) is 5.69 Å². The highest BCUT2D eigenvalue weighted by Gasteiger charge is 2.26. The van der Waals surface area contributed by atoms with Crippen LogP contribution in [0.2, 0.25) is 0 Å². The molecule has 150 valence electrons. The Hall–Kier alpha value is -3.45. The summed E-state index contributed by atoms with van der Waals surface area (Å²) < 4.78 is 31.8. The predicted molar refractivity (Wildman–Crippen MR) is 105 cm³/mol. The SMILES string of the molecule is N#CCCN(C(=O)COC(=O)C1=CN2CCS(=O)(=O)N=C2C=C1)c1ccccc1. The molecule has 9 nitrogen and oxygen atoms in total. The molecule has 1 aromatic carbocycles. The lowest BCUT2D eigenvalue weighted by Gasteiger charge is -2.26. The van der Waals surface area contributed by atoms with Gasteiger partial charge >= 0.3 is 5.97 Å². The molecule has 2 aliphatic rings. The maximum atomic E-state index is 12.5. The molecule has 1 aromatic rings. The molecular formula is C19H18N4O5S. The molecule has 0 saturated heterocycles. The number of para-hydroxylation sites is 1. The van der Waals surface area contributed by atoms with E-state index in [0.717, 1.165) is 0 Å². The molecule has 2 heterocycles. The number of hydrogen-bond donors (Lipinski definition) is 0. The van der Waals surface area contributed by atoms with E-state index in [1.165, 1.54) is 23.3 Å². The fourth-order valence-electron chi connectivity index (χ4n) is 2.78. The molecule has 0 spiro atoms. The van der Waals surface area contributed by atoms with Gasteiger partial charge in [0.2, 0.25) is 0 Å². The number of amidine groups is 1. The van der Waals surface area contributed by atoms with Crippen molar-refractivity contribution in [3.05, 3.63) is 54.3 Å². The average molecular weight is 414 g/mol. The Morgan fingerprint density at radius 3 is 2.72 bits per heavy atom. The van der Waals surface area contributed by atoms with Gasteiger partial charge in [-0.05, 0) is 24.3 Å². The van der Waals surface area contributed by atoms with Crippen molar-refractivity contribution >= 4 is 33.4 Å². The number of nitrogens with zero attached hydrogens (tertiary/aromatic N) is 4. The zero-order valence-corrected chi connectivity index (χ0v) is 16.2. The molecule has 1 amide bonds. The van der Waals surface area contributed by atoms with Crippen LogP contribution in [0.3, 0.4) is 0 Å². The lowest BCUT2D eigenvalue weighted by Crippen LogP contribution is -2.38. The van der Waals surface area contributed by atoms with Crippen LogP contribution in [0.15, 0.2) is 58.7 Å². The lowest BCUT2D eigenvalue weighted by molar-refractivity contribution is -0.143. The van der Waals surface area contributed by atoms with Crippen LogP contribution in [0.5, 0.6) is 0 Å². The summed E-state index contributed by atoms with van der Waals surface area (Å²) in [6, 6.07) is 10.8. The molecule has 0 aromatic heterocycles. The van der Waals surface area contributed by atoms with Crippen molar-refractivity contribution in [3.63, 3.8) is 0 Å². The van der Waals surface area contributed by atoms with Crippen LogP contribution in [-0.2, 0) is 24.3 Å². The molecule has 0 atom stereocenters. The monoisotopic (exact) mass is 414 g/mol. The van der Waals surface area contributed by atoms with E-state index >= 15 is 0 Å². The zero-order valence-electron chi connectivity index (χ0n) is 15.4. The first-order valence-corrected chi connectivity index (χ1v) is 10.4. The molecule has 0 aliphatic carbocycles. The molecule has 0 bridgehead atoms. The van der Waals surface area contributed by atoms with Gasteiger partial charge in [0.1, 0.15) is 5.84 Å². The van der Waals surface area contributed by atoms with Gasteiger partial charge in [-0.3, -0.25) is 4.79 Å². The molecule has 0 N–H and O–H groups in total. The number of esters is 1. The second-order valence-corrected chi connectivity index (χ2v) is 7.97. The Morgan fingerprint density at radius 2 is 2.00 bits per heavy atom. The number of anilines is 1. The van der Waals surface area contributed by atoms with Crippen LogP contribution >= 0.6 is 0 Å². The van der Waals surface area contributed by atoms with Gasteiger partial charge in [-0.1, -0.05) is 18.2 Å². The van der Waals surface area contributed by atoms with Crippen molar-refractivity contribution in [1.29, 1.82) is 5.26 Å². The van der Waals surface area contributed by atoms with E-state index < -0.39 is 28.5 Å². The number of carbonyl (C=O) groups is 2. The van der Waals surface area contributed by atoms with Gasteiger partial charge < -0.3 is 14.5 Å². The van der Waals surface area contributed by atoms with Crippen molar-refractivity contribution in [2.75, 3.05) is 30.3 Å². The third-order valence-electron chi connectivity index (χ3n) is 4.20. The van der Waals surface area contributed by atoms with Gasteiger partial charge in [-0.15, -0.1) is 4.40 Å². The summed E-state index contributed by atoms with van der Waals surface area (Å²) in [4.78, 5) is 27.8. The first kappa shape index (κ1) is 20.3. The second-order valence-electron chi connectivity index (χ2n) is 6.21. The summed E-state index contributed by atoms with van der Waals surface area (Å²) in [5, 5.41) is 8.82. The van der Waals surface area contributed by atoms with Crippen LogP contribution in [0.1, 0.15) is 6.42 Å². The number of benzene rings is 1. The van der Waals surface area contributed by atoms with Crippen molar-refractivity contribution in [1.82, 2.24) is 4.90 Å². The third kappa shape index (κ3) is 5.08. The van der Waals surface area contributed by atoms with Gasteiger partial charge in [0, 0.05) is 25.0 Å². The summed E-state index contributed by atoms with van der Waals surface area (Å²) in [6.07, 6.45) is 4.40. The largest absolute Gasteiger partial charge is 0.452 e. The van der Waals surface area contributed by atoms with Gasteiger partial charge in [0.25, 0.3) is 15.9 Å². The van der Waals surface area contributed by atoms with Crippen LogP contribution in [0.25, 0.3) is 0 Å². The van der Waals surface area contributed by atoms with E-state index in [4.69, 9.17) is 10.00 Å².